The lowest BCUT2D eigenvalue weighted by molar-refractivity contribution is 0.0930. The Bertz CT molecular complexity index is 623. The van der Waals surface area contributed by atoms with Gasteiger partial charge >= 0.3 is 0 Å². The van der Waals surface area contributed by atoms with Crippen LogP contribution in [-0.4, -0.2) is 35.2 Å². The van der Waals surface area contributed by atoms with Crippen molar-refractivity contribution >= 4 is 18.3 Å². The normalized spacial score (nSPS) is 15.1. The Kier molecular flexibility index (Phi) is 5.51. The van der Waals surface area contributed by atoms with Gasteiger partial charge in [0, 0.05) is 11.6 Å². The molecule has 22 heavy (non-hydrogen) atoms. The Morgan fingerprint density at radius 3 is 2.59 bits per heavy atom. The summed E-state index contributed by atoms with van der Waals surface area (Å²) in [5, 5.41) is 13.0. The molecule has 0 spiro atoms. The van der Waals surface area contributed by atoms with Crippen LogP contribution in [0.2, 0.25) is 0 Å². The molecule has 3 N–H and O–H groups in total. The molecule has 7 heteroatoms. The molecule has 3 rings (SSSR count). The van der Waals surface area contributed by atoms with Crippen LogP contribution in [0.25, 0.3) is 11.3 Å². The van der Waals surface area contributed by atoms with Crippen molar-refractivity contribution in [2.45, 2.75) is 18.9 Å². The highest BCUT2D eigenvalue weighted by Crippen LogP contribution is 2.21. The first-order valence-electron chi connectivity index (χ1n) is 7.05. The fraction of sp³-hybridized carbons (Fsp3) is 0.333. The summed E-state index contributed by atoms with van der Waals surface area (Å²) in [5.74, 6) is -0.450. The van der Waals surface area contributed by atoms with Gasteiger partial charge in [-0.25, -0.2) is 4.39 Å². The highest BCUT2D eigenvalue weighted by molar-refractivity contribution is 5.99. The molecule has 2 heterocycles. The number of aromatic nitrogens is 2. The van der Waals surface area contributed by atoms with Crippen LogP contribution in [0.1, 0.15) is 23.2 Å². The average Bonchev–Trinajstić information content (AvgIpc) is 2.98. The number of hydrogen-bond donors (Lipinski definition) is 3. The smallest absolute Gasteiger partial charge is 0.255 e. The predicted octanol–water partition coefficient (Wildman–Crippen LogP) is 2.12. The maximum atomic E-state index is 13.0. The first kappa shape index (κ1) is 16.5. The van der Waals surface area contributed by atoms with Crippen LogP contribution in [0.5, 0.6) is 0 Å². The molecular formula is C15H18ClFN4O. The van der Waals surface area contributed by atoms with Crippen LogP contribution in [0.3, 0.4) is 0 Å². The van der Waals surface area contributed by atoms with E-state index in [1.54, 1.807) is 12.1 Å². The summed E-state index contributed by atoms with van der Waals surface area (Å²) in [5.41, 5.74) is 1.84. The molecule has 0 atom stereocenters. The number of nitrogens with one attached hydrogen (secondary N) is 3. The summed E-state index contributed by atoms with van der Waals surface area (Å²) in [6, 6.07) is 6.18. The van der Waals surface area contributed by atoms with Crippen molar-refractivity contribution in [1.29, 1.82) is 0 Å². The lowest BCUT2D eigenvalue weighted by atomic mass is 10.0. The number of hydrogen-bond acceptors (Lipinski definition) is 3. The van der Waals surface area contributed by atoms with E-state index in [1.807, 2.05) is 0 Å². The second kappa shape index (κ2) is 7.38. The van der Waals surface area contributed by atoms with Crippen molar-refractivity contribution in [3.63, 3.8) is 0 Å². The lowest BCUT2D eigenvalue weighted by Gasteiger charge is -2.23. The number of piperidine rings is 1. The van der Waals surface area contributed by atoms with Gasteiger partial charge < -0.3 is 10.6 Å². The van der Waals surface area contributed by atoms with Crippen LogP contribution >= 0.6 is 12.4 Å². The Labute approximate surface area is 134 Å². The summed E-state index contributed by atoms with van der Waals surface area (Å²) >= 11 is 0. The molecular weight excluding hydrogens is 307 g/mol. The number of halogens is 2. The minimum atomic E-state index is -0.307. The van der Waals surface area contributed by atoms with Gasteiger partial charge in [0.15, 0.2) is 0 Å². The second-order valence-electron chi connectivity index (χ2n) is 5.16. The topological polar surface area (TPSA) is 69.8 Å². The number of H-pyrrole nitrogens is 1. The Hall–Kier alpha value is -1.92. The molecule has 1 fully saturated rings. The zero-order valence-electron chi connectivity index (χ0n) is 11.9. The van der Waals surface area contributed by atoms with E-state index in [2.05, 4.69) is 20.8 Å². The van der Waals surface area contributed by atoms with Gasteiger partial charge in [0.2, 0.25) is 0 Å². The van der Waals surface area contributed by atoms with Gasteiger partial charge in [-0.2, -0.15) is 5.10 Å². The maximum absolute atomic E-state index is 13.0. The van der Waals surface area contributed by atoms with Crippen molar-refractivity contribution in [2.24, 2.45) is 0 Å². The molecule has 118 valence electrons. The molecule has 2 aromatic rings. The molecule has 5 nitrogen and oxygen atoms in total. The molecule has 0 unspecified atom stereocenters. The van der Waals surface area contributed by atoms with E-state index in [0.29, 0.717) is 11.3 Å². The number of aromatic amines is 1. The Morgan fingerprint density at radius 2 is 1.91 bits per heavy atom. The molecule has 1 saturated heterocycles. The van der Waals surface area contributed by atoms with E-state index in [0.717, 1.165) is 31.5 Å². The van der Waals surface area contributed by atoms with Crippen molar-refractivity contribution in [3.8, 4) is 11.3 Å². The molecule has 1 aliphatic heterocycles. The van der Waals surface area contributed by atoms with Crippen molar-refractivity contribution < 1.29 is 9.18 Å². The van der Waals surface area contributed by atoms with Crippen LogP contribution < -0.4 is 10.6 Å². The second-order valence-corrected chi connectivity index (χ2v) is 5.16. The summed E-state index contributed by atoms with van der Waals surface area (Å²) in [6.45, 7) is 1.84. The molecule has 0 bridgehead atoms. The van der Waals surface area contributed by atoms with Gasteiger partial charge in [-0.15, -0.1) is 12.4 Å². The Balaban J connectivity index is 0.00000176. The predicted molar refractivity (Wildman–Crippen MR) is 84.6 cm³/mol. The molecule has 1 aromatic carbocycles. The summed E-state index contributed by atoms with van der Waals surface area (Å²) in [7, 11) is 0. The van der Waals surface area contributed by atoms with Crippen molar-refractivity contribution in [2.75, 3.05) is 13.1 Å². The van der Waals surface area contributed by atoms with E-state index in [4.69, 9.17) is 0 Å². The highest BCUT2D eigenvalue weighted by atomic mass is 35.5. The van der Waals surface area contributed by atoms with Crippen LogP contribution in [0.4, 0.5) is 4.39 Å². The zero-order valence-corrected chi connectivity index (χ0v) is 12.8. The van der Waals surface area contributed by atoms with Gasteiger partial charge in [0.1, 0.15) is 5.82 Å². The van der Waals surface area contributed by atoms with Gasteiger partial charge in [-0.1, -0.05) is 0 Å². The standard InChI is InChI=1S/C15H17FN4O.ClH/c16-11-3-1-10(2-4-11)14-13(9-18-20-14)15(21)19-12-5-7-17-8-6-12;/h1-4,9,12,17H,5-8H2,(H,18,20)(H,19,21);1H. The quantitative estimate of drug-likeness (QED) is 0.810. The minimum Gasteiger partial charge on any atom is -0.349 e. The number of carbonyl (C=O) groups is 1. The molecule has 1 amide bonds. The van der Waals surface area contributed by atoms with Crippen molar-refractivity contribution in [3.05, 3.63) is 41.8 Å². The van der Waals surface area contributed by atoms with Crippen molar-refractivity contribution in [1.82, 2.24) is 20.8 Å². The first-order valence-corrected chi connectivity index (χ1v) is 7.05. The summed E-state index contributed by atoms with van der Waals surface area (Å²) < 4.78 is 13.0. The van der Waals surface area contributed by atoms with Crippen LogP contribution in [-0.2, 0) is 0 Å². The third-order valence-corrected chi connectivity index (χ3v) is 3.69. The number of amides is 1. The third-order valence-electron chi connectivity index (χ3n) is 3.69. The summed E-state index contributed by atoms with van der Waals surface area (Å²) in [6.07, 6.45) is 3.36. The van der Waals surface area contributed by atoms with E-state index >= 15 is 0 Å². The van der Waals surface area contributed by atoms with Crippen LogP contribution in [0.15, 0.2) is 30.5 Å². The monoisotopic (exact) mass is 324 g/mol. The number of carbonyl (C=O) groups excluding carboxylic acids is 1. The maximum Gasteiger partial charge on any atom is 0.255 e. The number of rotatable bonds is 3. The van der Waals surface area contributed by atoms with E-state index in [-0.39, 0.29) is 30.2 Å². The first-order chi connectivity index (χ1) is 10.2. The average molecular weight is 325 g/mol. The van der Waals surface area contributed by atoms with Crippen LogP contribution in [0, 0.1) is 5.82 Å². The SMILES string of the molecule is Cl.O=C(NC1CCNCC1)c1cn[nH]c1-c1ccc(F)cc1. The third kappa shape index (κ3) is 3.64. The van der Waals surface area contributed by atoms with Gasteiger partial charge in [-0.05, 0) is 50.2 Å². The minimum absolute atomic E-state index is 0. The number of nitrogens with zero attached hydrogens (tertiary/aromatic N) is 1. The van der Waals surface area contributed by atoms with E-state index in [9.17, 15) is 9.18 Å². The fourth-order valence-corrected chi connectivity index (χ4v) is 2.52. The lowest BCUT2D eigenvalue weighted by Crippen LogP contribution is -2.42. The highest BCUT2D eigenvalue weighted by Gasteiger charge is 2.20. The van der Waals surface area contributed by atoms with Gasteiger partial charge in [0.05, 0.1) is 17.5 Å². The molecule has 1 aromatic heterocycles. The Morgan fingerprint density at radius 1 is 1.23 bits per heavy atom. The molecule has 0 saturated carbocycles. The molecule has 1 aliphatic rings. The summed E-state index contributed by atoms with van der Waals surface area (Å²) in [4.78, 5) is 12.4. The van der Waals surface area contributed by atoms with Gasteiger partial charge in [0.25, 0.3) is 5.91 Å². The van der Waals surface area contributed by atoms with Gasteiger partial charge in [-0.3, -0.25) is 9.89 Å². The molecule has 0 radical (unpaired) electrons. The van der Waals surface area contributed by atoms with E-state index in [1.165, 1.54) is 18.3 Å². The zero-order chi connectivity index (χ0) is 14.7. The number of benzene rings is 1. The molecule has 0 aliphatic carbocycles. The van der Waals surface area contributed by atoms with E-state index < -0.39 is 0 Å². The largest absolute Gasteiger partial charge is 0.349 e. The fourth-order valence-electron chi connectivity index (χ4n) is 2.52.